The Morgan fingerprint density at radius 2 is 1.82 bits per heavy atom. The summed E-state index contributed by atoms with van der Waals surface area (Å²) in [5.41, 5.74) is 2.31. The van der Waals surface area contributed by atoms with Gasteiger partial charge >= 0.3 is 5.97 Å². The van der Waals surface area contributed by atoms with Gasteiger partial charge in [-0.2, -0.15) is 5.01 Å². The van der Waals surface area contributed by atoms with Crippen molar-refractivity contribution in [1.82, 2.24) is 10.2 Å². The first-order valence-electron chi connectivity index (χ1n) is 10.7. The van der Waals surface area contributed by atoms with Crippen molar-refractivity contribution in [3.05, 3.63) is 76.5 Å². The van der Waals surface area contributed by atoms with Crippen molar-refractivity contribution in [2.45, 2.75) is 13.5 Å². The van der Waals surface area contributed by atoms with E-state index in [2.05, 4.69) is 15.3 Å². The molecule has 9 heteroatoms. The number of hydrazone groups is 1. The molecule has 1 saturated heterocycles. The zero-order valence-corrected chi connectivity index (χ0v) is 19.0. The summed E-state index contributed by atoms with van der Waals surface area (Å²) in [5.74, 6) is -1.02. The van der Waals surface area contributed by atoms with Gasteiger partial charge in [0.05, 0.1) is 23.9 Å². The molecule has 0 bridgehead atoms. The van der Waals surface area contributed by atoms with Gasteiger partial charge in [-0.3, -0.25) is 14.5 Å². The molecule has 2 aromatic carbocycles. The lowest BCUT2D eigenvalue weighted by molar-refractivity contribution is -0.132. The van der Waals surface area contributed by atoms with E-state index in [1.807, 2.05) is 30.3 Å². The second-order valence-electron chi connectivity index (χ2n) is 7.65. The average Bonchev–Trinajstić information content (AvgIpc) is 3.13. The summed E-state index contributed by atoms with van der Waals surface area (Å²) < 4.78 is 10.8. The fourth-order valence-corrected chi connectivity index (χ4v) is 3.86. The molecule has 1 N–H and O–H groups in total. The van der Waals surface area contributed by atoms with Crippen LogP contribution in [0.1, 0.15) is 12.5 Å². The van der Waals surface area contributed by atoms with Crippen LogP contribution in [-0.2, 0) is 25.6 Å². The normalized spacial score (nSPS) is 18.2. The Hall–Kier alpha value is -3.20. The number of ether oxygens (including phenoxy) is 2. The second-order valence-corrected chi connectivity index (χ2v) is 8.06. The van der Waals surface area contributed by atoms with E-state index in [4.69, 9.17) is 21.1 Å². The average molecular weight is 469 g/mol. The molecular formula is C24H25ClN4O4. The van der Waals surface area contributed by atoms with Crippen LogP contribution in [0.5, 0.6) is 0 Å². The van der Waals surface area contributed by atoms with E-state index in [1.54, 1.807) is 24.3 Å². The van der Waals surface area contributed by atoms with Gasteiger partial charge in [0.25, 0.3) is 11.8 Å². The number of amides is 1. The Bertz CT molecular complexity index is 1080. The van der Waals surface area contributed by atoms with E-state index >= 15 is 0 Å². The molecule has 0 saturated carbocycles. The Labute approximate surface area is 197 Å². The summed E-state index contributed by atoms with van der Waals surface area (Å²) in [6, 6.07) is 16.8. The molecule has 0 radical (unpaired) electrons. The van der Waals surface area contributed by atoms with Crippen LogP contribution in [0.3, 0.4) is 0 Å². The minimum atomic E-state index is -0.561. The molecule has 4 rings (SSSR count). The van der Waals surface area contributed by atoms with Gasteiger partial charge in [-0.1, -0.05) is 54.1 Å². The Kier molecular flexibility index (Phi) is 7.39. The highest BCUT2D eigenvalue weighted by Crippen LogP contribution is 2.31. The molecule has 0 atom stereocenters. The van der Waals surface area contributed by atoms with Crippen molar-refractivity contribution < 1.29 is 19.1 Å². The number of anilines is 1. The highest BCUT2D eigenvalue weighted by molar-refractivity contribution is 6.36. The quantitative estimate of drug-likeness (QED) is 0.518. The van der Waals surface area contributed by atoms with E-state index in [-0.39, 0.29) is 11.5 Å². The first-order valence-corrected chi connectivity index (χ1v) is 11.1. The first kappa shape index (κ1) is 23.0. The molecule has 0 aliphatic carbocycles. The number of halogens is 1. The molecule has 1 amide bonds. The van der Waals surface area contributed by atoms with Gasteiger partial charge in [-0.25, -0.2) is 0 Å². The summed E-state index contributed by atoms with van der Waals surface area (Å²) in [4.78, 5) is 27.6. The van der Waals surface area contributed by atoms with Crippen molar-refractivity contribution in [1.29, 1.82) is 0 Å². The highest BCUT2D eigenvalue weighted by atomic mass is 35.5. The van der Waals surface area contributed by atoms with Crippen molar-refractivity contribution in [3.63, 3.8) is 0 Å². The van der Waals surface area contributed by atoms with Crippen LogP contribution < -0.4 is 10.3 Å². The lowest BCUT2D eigenvalue weighted by atomic mass is 10.1. The maximum Gasteiger partial charge on any atom is 0.309 e. The lowest BCUT2D eigenvalue weighted by Gasteiger charge is -2.28. The van der Waals surface area contributed by atoms with Crippen molar-refractivity contribution in [3.8, 4) is 0 Å². The largest absolute Gasteiger partial charge is 0.405 e. The zero-order chi connectivity index (χ0) is 23.2. The number of carbonyl (C=O) groups excluding carboxylic acids is 2. The van der Waals surface area contributed by atoms with E-state index < -0.39 is 11.9 Å². The van der Waals surface area contributed by atoms with Crippen LogP contribution in [0.2, 0.25) is 5.02 Å². The standard InChI is InChI=1S/C24H25ClN4O4/c1-17(30)33-23-22(24(31)29(27-23)21-10-6-5-9-19(21)25)20(16-28-11-13-32-14-12-28)26-15-18-7-3-2-4-8-18/h2-10,26H,11-16H2,1H3/b22-20-. The number of esters is 1. The molecule has 2 aliphatic rings. The summed E-state index contributed by atoms with van der Waals surface area (Å²) in [6.45, 7) is 4.92. The number of hydrogen-bond donors (Lipinski definition) is 1. The molecule has 2 aromatic rings. The monoisotopic (exact) mass is 468 g/mol. The number of para-hydroxylation sites is 1. The van der Waals surface area contributed by atoms with Crippen molar-refractivity contribution >= 4 is 35.1 Å². The molecule has 0 unspecified atom stereocenters. The van der Waals surface area contributed by atoms with Gasteiger partial charge in [0, 0.05) is 38.8 Å². The number of hydrogen-bond acceptors (Lipinski definition) is 7. The van der Waals surface area contributed by atoms with Crippen LogP contribution in [0, 0.1) is 0 Å². The van der Waals surface area contributed by atoms with Crippen LogP contribution in [0.4, 0.5) is 5.69 Å². The topological polar surface area (TPSA) is 83.5 Å². The fourth-order valence-electron chi connectivity index (χ4n) is 3.65. The summed E-state index contributed by atoms with van der Waals surface area (Å²) in [6.07, 6.45) is 0. The number of morpholine rings is 1. The fraction of sp³-hybridized carbons (Fsp3) is 0.292. The highest BCUT2D eigenvalue weighted by Gasteiger charge is 2.37. The smallest absolute Gasteiger partial charge is 0.309 e. The van der Waals surface area contributed by atoms with Crippen molar-refractivity contribution in [2.24, 2.45) is 5.10 Å². The Morgan fingerprint density at radius 1 is 1.12 bits per heavy atom. The van der Waals surface area contributed by atoms with Gasteiger partial charge in [-0.15, -0.1) is 5.10 Å². The predicted octanol–water partition coefficient (Wildman–Crippen LogP) is 2.94. The minimum absolute atomic E-state index is 0.0451. The molecule has 0 spiro atoms. The number of benzene rings is 2. The third kappa shape index (κ3) is 5.60. The number of rotatable bonds is 6. The number of nitrogens with one attached hydrogen (secondary N) is 1. The van der Waals surface area contributed by atoms with Gasteiger partial charge in [0.1, 0.15) is 5.57 Å². The van der Waals surface area contributed by atoms with E-state index in [1.165, 1.54) is 11.9 Å². The maximum absolute atomic E-state index is 13.6. The van der Waals surface area contributed by atoms with Crippen LogP contribution in [0.15, 0.2) is 71.0 Å². The number of nitrogens with zero attached hydrogens (tertiary/aromatic N) is 3. The summed E-state index contributed by atoms with van der Waals surface area (Å²) in [5, 5.41) is 9.26. The molecule has 0 aromatic heterocycles. The van der Waals surface area contributed by atoms with Gasteiger partial charge < -0.3 is 14.8 Å². The third-order valence-corrected chi connectivity index (χ3v) is 5.59. The Morgan fingerprint density at radius 3 is 2.52 bits per heavy atom. The van der Waals surface area contributed by atoms with E-state index in [0.29, 0.717) is 42.7 Å². The van der Waals surface area contributed by atoms with Crippen LogP contribution >= 0.6 is 11.6 Å². The first-order chi connectivity index (χ1) is 16.0. The van der Waals surface area contributed by atoms with Gasteiger partial charge in [0.2, 0.25) is 0 Å². The molecule has 33 heavy (non-hydrogen) atoms. The van der Waals surface area contributed by atoms with Crippen LogP contribution in [-0.4, -0.2) is 55.5 Å². The zero-order valence-electron chi connectivity index (χ0n) is 18.3. The molecule has 8 nitrogen and oxygen atoms in total. The lowest BCUT2D eigenvalue weighted by Crippen LogP contribution is -2.40. The van der Waals surface area contributed by atoms with Crippen LogP contribution in [0.25, 0.3) is 0 Å². The molecular weight excluding hydrogens is 444 g/mol. The van der Waals surface area contributed by atoms with Gasteiger partial charge in [0.15, 0.2) is 0 Å². The predicted molar refractivity (Wildman–Crippen MR) is 126 cm³/mol. The molecule has 2 aliphatic heterocycles. The number of carbonyl (C=O) groups is 2. The van der Waals surface area contributed by atoms with E-state index in [9.17, 15) is 9.59 Å². The molecule has 2 heterocycles. The van der Waals surface area contributed by atoms with E-state index in [0.717, 1.165) is 18.7 Å². The molecule has 172 valence electrons. The minimum Gasteiger partial charge on any atom is -0.405 e. The second kappa shape index (κ2) is 10.6. The van der Waals surface area contributed by atoms with Crippen molar-refractivity contribution in [2.75, 3.05) is 37.9 Å². The maximum atomic E-state index is 13.6. The third-order valence-electron chi connectivity index (χ3n) is 5.27. The van der Waals surface area contributed by atoms with Gasteiger partial charge in [-0.05, 0) is 17.7 Å². The summed E-state index contributed by atoms with van der Waals surface area (Å²) in [7, 11) is 0. The summed E-state index contributed by atoms with van der Waals surface area (Å²) >= 11 is 6.32. The SMILES string of the molecule is CC(=O)OC1=NN(c2ccccc2Cl)C(=O)/C1=C(/CN1CCOCC1)NCc1ccccc1. The Balaban J connectivity index is 1.72. The molecule has 1 fully saturated rings.